The maximum Gasteiger partial charge on any atom is 0.337 e. The maximum absolute atomic E-state index is 12.5. The summed E-state index contributed by atoms with van der Waals surface area (Å²) in [5, 5.41) is 8.77. The highest BCUT2D eigenvalue weighted by molar-refractivity contribution is 5.87. The Balaban J connectivity index is 2.08. The van der Waals surface area contributed by atoms with Gasteiger partial charge in [0, 0.05) is 18.6 Å². The topological polar surface area (TPSA) is 77.2 Å². The number of carboxylic acid groups (broad SMARTS) is 1. The normalized spacial score (nSPS) is 10.7. The van der Waals surface area contributed by atoms with Gasteiger partial charge in [0.15, 0.2) is 5.82 Å². The fourth-order valence-corrected chi connectivity index (χ4v) is 1.40. The van der Waals surface area contributed by atoms with Crippen molar-refractivity contribution >= 4 is 5.97 Å². The van der Waals surface area contributed by atoms with Gasteiger partial charge in [-0.05, 0) is 6.07 Å². The van der Waals surface area contributed by atoms with E-state index >= 15 is 0 Å². The number of aromatic nitrogens is 3. The van der Waals surface area contributed by atoms with E-state index in [4.69, 9.17) is 9.84 Å². The summed E-state index contributed by atoms with van der Waals surface area (Å²) < 4.78 is 30.9. The van der Waals surface area contributed by atoms with E-state index in [-0.39, 0.29) is 23.7 Å². The number of nitrogens with zero attached hydrogens (tertiary/aromatic N) is 3. The number of halogens is 2. The van der Waals surface area contributed by atoms with Crippen LogP contribution in [0.15, 0.2) is 30.9 Å². The first kappa shape index (κ1) is 12.9. The lowest BCUT2D eigenvalue weighted by Gasteiger charge is -2.08. The van der Waals surface area contributed by atoms with Crippen molar-refractivity contribution < 1.29 is 23.4 Å². The number of pyridine rings is 1. The molecule has 2 aromatic rings. The summed E-state index contributed by atoms with van der Waals surface area (Å²) in [7, 11) is 0. The predicted molar refractivity (Wildman–Crippen MR) is 59.0 cm³/mol. The van der Waals surface area contributed by atoms with E-state index in [0.717, 1.165) is 12.4 Å². The van der Waals surface area contributed by atoms with Crippen LogP contribution in [0.2, 0.25) is 0 Å². The number of hydrogen-bond donors (Lipinski definition) is 1. The molecule has 0 aliphatic rings. The van der Waals surface area contributed by atoms with Gasteiger partial charge in [0.2, 0.25) is 0 Å². The van der Waals surface area contributed by atoms with Crippen molar-refractivity contribution in [1.29, 1.82) is 0 Å². The molecule has 0 unspecified atom stereocenters. The molecular weight excluding hydrogens is 260 g/mol. The second kappa shape index (κ2) is 5.42. The number of carbonyl (C=O) groups is 1. The molecule has 2 heterocycles. The second-order valence-electron chi connectivity index (χ2n) is 3.53. The molecule has 0 saturated heterocycles. The summed E-state index contributed by atoms with van der Waals surface area (Å²) in [4.78, 5) is 18.1. The first-order valence-electron chi connectivity index (χ1n) is 5.19. The number of carboxylic acids is 1. The Labute approximate surface area is 106 Å². The van der Waals surface area contributed by atoms with Crippen LogP contribution in [0.3, 0.4) is 0 Å². The SMILES string of the molecule is O=C(O)c1cncc(OCc2nccn2C(F)F)c1. The largest absolute Gasteiger partial charge is 0.484 e. The average Bonchev–Trinajstić information content (AvgIpc) is 2.85. The first-order chi connectivity index (χ1) is 9.08. The molecule has 0 amide bonds. The molecule has 0 radical (unpaired) electrons. The molecule has 2 rings (SSSR count). The molecule has 0 saturated carbocycles. The van der Waals surface area contributed by atoms with Crippen LogP contribution in [0.1, 0.15) is 22.7 Å². The number of ether oxygens (including phenoxy) is 1. The van der Waals surface area contributed by atoms with Crippen molar-refractivity contribution in [3.05, 3.63) is 42.2 Å². The van der Waals surface area contributed by atoms with Crippen LogP contribution in [0.25, 0.3) is 0 Å². The van der Waals surface area contributed by atoms with E-state index in [2.05, 4.69) is 9.97 Å². The molecule has 0 atom stereocenters. The summed E-state index contributed by atoms with van der Waals surface area (Å²) in [6.07, 6.45) is 4.82. The van der Waals surface area contributed by atoms with Gasteiger partial charge in [0.05, 0.1) is 11.8 Å². The van der Waals surface area contributed by atoms with Crippen LogP contribution < -0.4 is 4.74 Å². The Morgan fingerprint density at radius 2 is 2.26 bits per heavy atom. The Morgan fingerprint density at radius 1 is 1.47 bits per heavy atom. The molecule has 2 aromatic heterocycles. The average molecular weight is 269 g/mol. The molecule has 6 nitrogen and oxygen atoms in total. The quantitative estimate of drug-likeness (QED) is 0.897. The van der Waals surface area contributed by atoms with Crippen molar-refractivity contribution in [2.75, 3.05) is 0 Å². The van der Waals surface area contributed by atoms with Gasteiger partial charge < -0.3 is 9.84 Å². The summed E-state index contributed by atoms with van der Waals surface area (Å²) in [5.41, 5.74) is -0.0466. The van der Waals surface area contributed by atoms with E-state index in [1.807, 2.05) is 0 Å². The molecule has 19 heavy (non-hydrogen) atoms. The zero-order chi connectivity index (χ0) is 13.8. The third-order valence-corrected chi connectivity index (χ3v) is 2.29. The zero-order valence-corrected chi connectivity index (χ0v) is 9.53. The highest BCUT2D eigenvalue weighted by Gasteiger charge is 2.12. The summed E-state index contributed by atoms with van der Waals surface area (Å²) in [5.74, 6) is -0.938. The Morgan fingerprint density at radius 3 is 2.95 bits per heavy atom. The zero-order valence-electron chi connectivity index (χ0n) is 9.53. The molecule has 0 bridgehead atoms. The van der Waals surface area contributed by atoms with Crippen molar-refractivity contribution in [1.82, 2.24) is 14.5 Å². The third kappa shape index (κ3) is 3.03. The van der Waals surface area contributed by atoms with Gasteiger partial charge in [-0.2, -0.15) is 8.78 Å². The van der Waals surface area contributed by atoms with Crippen molar-refractivity contribution in [2.45, 2.75) is 13.2 Å². The highest BCUT2D eigenvalue weighted by Crippen LogP contribution is 2.16. The monoisotopic (exact) mass is 269 g/mol. The van der Waals surface area contributed by atoms with Crippen LogP contribution in [0.4, 0.5) is 8.78 Å². The van der Waals surface area contributed by atoms with E-state index < -0.39 is 12.5 Å². The molecule has 100 valence electrons. The lowest BCUT2D eigenvalue weighted by molar-refractivity contribution is 0.0632. The molecule has 1 N–H and O–H groups in total. The summed E-state index contributed by atoms with van der Waals surface area (Å²) in [6.45, 7) is -2.91. The Bertz CT molecular complexity index is 586. The Kier molecular flexibility index (Phi) is 3.69. The minimum atomic E-state index is -2.70. The number of rotatable bonds is 5. The minimum absolute atomic E-state index is 0.0377. The van der Waals surface area contributed by atoms with E-state index in [0.29, 0.717) is 4.57 Å². The van der Waals surface area contributed by atoms with Gasteiger partial charge in [-0.25, -0.2) is 9.78 Å². The molecule has 8 heteroatoms. The number of alkyl halides is 2. The van der Waals surface area contributed by atoms with Crippen molar-refractivity contribution in [3.8, 4) is 5.75 Å². The standard InChI is InChI=1S/C11H9F2N3O3/c12-11(13)16-2-1-15-9(16)6-19-8-3-7(10(17)18)4-14-5-8/h1-5,11H,6H2,(H,17,18). The van der Waals surface area contributed by atoms with Crippen LogP contribution in [0.5, 0.6) is 5.75 Å². The van der Waals surface area contributed by atoms with Crippen LogP contribution >= 0.6 is 0 Å². The van der Waals surface area contributed by atoms with E-state index in [1.54, 1.807) is 0 Å². The van der Waals surface area contributed by atoms with Gasteiger partial charge in [-0.3, -0.25) is 9.55 Å². The van der Waals surface area contributed by atoms with Gasteiger partial charge >= 0.3 is 12.5 Å². The number of aromatic carboxylic acids is 1. The lowest BCUT2D eigenvalue weighted by Crippen LogP contribution is -2.07. The third-order valence-electron chi connectivity index (χ3n) is 2.29. The first-order valence-corrected chi connectivity index (χ1v) is 5.19. The number of hydrogen-bond acceptors (Lipinski definition) is 4. The van der Waals surface area contributed by atoms with Gasteiger partial charge in [0.1, 0.15) is 12.4 Å². The van der Waals surface area contributed by atoms with Crippen LogP contribution in [-0.4, -0.2) is 25.6 Å². The fraction of sp³-hybridized carbons (Fsp3) is 0.182. The Hall–Kier alpha value is -2.51. The van der Waals surface area contributed by atoms with Gasteiger partial charge in [-0.1, -0.05) is 0 Å². The summed E-state index contributed by atoms with van der Waals surface area (Å²) in [6, 6.07) is 1.25. The fourth-order valence-electron chi connectivity index (χ4n) is 1.40. The highest BCUT2D eigenvalue weighted by atomic mass is 19.3. The molecule has 0 spiro atoms. The molecule has 0 fully saturated rings. The molecule has 0 aliphatic carbocycles. The second-order valence-corrected chi connectivity index (χ2v) is 3.53. The van der Waals surface area contributed by atoms with Crippen molar-refractivity contribution in [2.24, 2.45) is 0 Å². The summed E-state index contributed by atoms with van der Waals surface area (Å²) >= 11 is 0. The van der Waals surface area contributed by atoms with E-state index in [1.165, 1.54) is 18.5 Å². The lowest BCUT2D eigenvalue weighted by atomic mass is 10.3. The van der Waals surface area contributed by atoms with Gasteiger partial charge in [-0.15, -0.1) is 0 Å². The smallest absolute Gasteiger partial charge is 0.337 e. The maximum atomic E-state index is 12.5. The van der Waals surface area contributed by atoms with E-state index in [9.17, 15) is 13.6 Å². The number of imidazole rings is 1. The predicted octanol–water partition coefficient (Wildman–Crippen LogP) is 1.95. The van der Waals surface area contributed by atoms with Crippen molar-refractivity contribution in [3.63, 3.8) is 0 Å². The van der Waals surface area contributed by atoms with Crippen LogP contribution in [0, 0.1) is 0 Å². The molecular formula is C11H9F2N3O3. The molecule has 0 aliphatic heterocycles. The van der Waals surface area contributed by atoms with Gasteiger partial charge in [0.25, 0.3) is 0 Å². The van der Waals surface area contributed by atoms with Crippen LogP contribution in [-0.2, 0) is 6.61 Å². The minimum Gasteiger partial charge on any atom is -0.484 e. The molecule has 0 aromatic carbocycles.